The van der Waals surface area contributed by atoms with Crippen LogP contribution in [0.25, 0.3) is 0 Å². The second-order valence-corrected chi connectivity index (χ2v) is 5.32. The fourth-order valence-electron chi connectivity index (χ4n) is 1.86. The zero-order valence-electron chi connectivity index (χ0n) is 12.8. The maximum Gasteiger partial charge on any atom is 0.416 e. The summed E-state index contributed by atoms with van der Waals surface area (Å²) < 4.78 is 37.9. The van der Waals surface area contributed by atoms with Crippen molar-refractivity contribution in [2.45, 2.75) is 6.18 Å². The van der Waals surface area contributed by atoms with E-state index < -0.39 is 28.1 Å². The van der Waals surface area contributed by atoms with Gasteiger partial charge in [0, 0.05) is 17.3 Å². The maximum absolute atomic E-state index is 12.6. The van der Waals surface area contributed by atoms with Gasteiger partial charge in [0.1, 0.15) is 0 Å². The minimum atomic E-state index is -4.47. The molecule has 3 N–H and O–H groups in total. The molecule has 11 heteroatoms. The van der Waals surface area contributed by atoms with E-state index in [1.54, 1.807) is 0 Å². The third kappa shape index (κ3) is 5.14. The number of alkyl halides is 3. The monoisotopic (exact) mass is 384 g/mol. The van der Waals surface area contributed by atoms with Crippen molar-refractivity contribution in [1.82, 2.24) is 5.43 Å². The van der Waals surface area contributed by atoms with Crippen molar-refractivity contribution in [2.24, 2.45) is 5.10 Å². The normalized spacial score (nSPS) is 11.3. The van der Waals surface area contributed by atoms with Crippen LogP contribution >= 0.6 is 12.2 Å². The number of nitrogens with one attached hydrogen (secondary N) is 2. The van der Waals surface area contributed by atoms with Gasteiger partial charge in [-0.1, -0.05) is 6.07 Å². The van der Waals surface area contributed by atoms with Crippen LogP contribution in [0.1, 0.15) is 11.1 Å². The van der Waals surface area contributed by atoms with Gasteiger partial charge in [-0.15, -0.1) is 0 Å². The summed E-state index contributed by atoms with van der Waals surface area (Å²) in [5.41, 5.74) is 1.49. The molecule has 2 aromatic carbocycles. The number of nitro benzene ring substituents is 1. The van der Waals surface area contributed by atoms with Crippen LogP contribution in [0.2, 0.25) is 0 Å². The second-order valence-electron chi connectivity index (χ2n) is 4.91. The lowest BCUT2D eigenvalue weighted by molar-refractivity contribution is -0.385. The van der Waals surface area contributed by atoms with Crippen molar-refractivity contribution in [2.75, 3.05) is 5.32 Å². The highest BCUT2D eigenvalue weighted by molar-refractivity contribution is 7.80. The Morgan fingerprint density at radius 2 is 2.00 bits per heavy atom. The molecule has 0 saturated heterocycles. The summed E-state index contributed by atoms with van der Waals surface area (Å²) in [6.07, 6.45) is -3.27. The molecule has 0 heterocycles. The molecule has 0 fully saturated rings. The lowest BCUT2D eigenvalue weighted by Crippen LogP contribution is -2.24. The van der Waals surface area contributed by atoms with Crippen molar-refractivity contribution >= 4 is 34.9 Å². The number of nitrogens with zero attached hydrogens (tertiary/aromatic N) is 2. The Balaban J connectivity index is 2.00. The molecule has 0 aliphatic heterocycles. The first-order chi connectivity index (χ1) is 12.2. The number of hydrogen-bond donors (Lipinski definition) is 3. The number of aromatic hydroxyl groups is 1. The number of anilines is 1. The Hall–Kier alpha value is -3.21. The molecule has 0 bridgehead atoms. The molecule has 0 radical (unpaired) electrons. The number of phenolic OH excluding ortho intramolecular Hbond substituents is 1. The molecule has 0 aliphatic rings. The smallest absolute Gasteiger partial charge is 0.416 e. The van der Waals surface area contributed by atoms with Gasteiger partial charge in [-0.3, -0.25) is 15.5 Å². The summed E-state index contributed by atoms with van der Waals surface area (Å²) in [7, 11) is 0. The standard InChI is InChI=1S/C15H11F3N4O3S/c16-15(17,18)10-2-1-3-11(7-10)20-14(26)21-19-8-9-4-5-13(23)12(6-9)22(24)25/h1-8,23H,(H2,20,21,26)/b19-8-. The Labute approximate surface area is 150 Å². The van der Waals surface area contributed by atoms with Crippen molar-refractivity contribution in [3.05, 3.63) is 63.7 Å². The van der Waals surface area contributed by atoms with Crippen molar-refractivity contribution in [3.63, 3.8) is 0 Å². The van der Waals surface area contributed by atoms with E-state index in [0.717, 1.165) is 24.3 Å². The molecule has 0 spiro atoms. The fraction of sp³-hybridized carbons (Fsp3) is 0.0667. The van der Waals surface area contributed by atoms with E-state index in [2.05, 4.69) is 15.8 Å². The number of rotatable bonds is 4. The molecule has 0 saturated carbocycles. The van der Waals surface area contributed by atoms with E-state index in [4.69, 9.17) is 12.2 Å². The largest absolute Gasteiger partial charge is 0.502 e. The first-order valence-corrected chi connectivity index (χ1v) is 7.32. The molecule has 2 rings (SSSR count). The van der Waals surface area contributed by atoms with Crippen molar-refractivity contribution < 1.29 is 23.2 Å². The first kappa shape index (κ1) is 19.1. The predicted molar refractivity (Wildman–Crippen MR) is 93.2 cm³/mol. The van der Waals surface area contributed by atoms with Crippen LogP contribution in [0.15, 0.2) is 47.6 Å². The number of halogens is 3. The predicted octanol–water partition coefficient (Wildman–Crippen LogP) is 3.64. The number of nitro groups is 1. The molecule has 7 nitrogen and oxygen atoms in total. The third-order valence-corrected chi connectivity index (χ3v) is 3.22. The van der Waals surface area contributed by atoms with Gasteiger partial charge in [0.15, 0.2) is 10.9 Å². The third-order valence-electron chi connectivity index (χ3n) is 3.02. The minimum absolute atomic E-state index is 0.0751. The van der Waals surface area contributed by atoms with E-state index in [9.17, 15) is 28.4 Å². The van der Waals surface area contributed by atoms with Gasteiger partial charge in [-0.2, -0.15) is 18.3 Å². The average molecular weight is 384 g/mol. The summed E-state index contributed by atoms with van der Waals surface area (Å²) in [6.45, 7) is 0. The Morgan fingerprint density at radius 1 is 1.27 bits per heavy atom. The summed E-state index contributed by atoms with van der Waals surface area (Å²) in [6, 6.07) is 8.07. The molecule has 0 atom stereocenters. The Bertz CT molecular complexity index is 871. The van der Waals surface area contributed by atoms with Gasteiger partial charge in [-0.05, 0) is 42.5 Å². The molecule has 0 amide bonds. The number of phenols is 1. The minimum Gasteiger partial charge on any atom is -0.502 e. The lowest BCUT2D eigenvalue weighted by Gasteiger charge is -2.10. The molecule has 0 unspecified atom stereocenters. The Morgan fingerprint density at radius 3 is 2.65 bits per heavy atom. The number of hydrogen-bond acceptors (Lipinski definition) is 5. The van der Waals surface area contributed by atoms with Crippen LogP contribution in [-0.2, 0) is 6.18 Å². The lowest BCUT2D eigenvalue weighted by atomic mass is 10.2. The summed E-state index contributed by atoms with van der Waals surface area (Å²) in [4.78, 5) is 9.98. The molecular weight excluding hydrogens is 373 g/mol. The van der Waals surface area contributed by atoms with E-state index in [0.29, 0.717) is 5.56 Å². The second kappa shape index (κ2) is 7.78. The highest BCUT2D eigenvalue weighted by Crippen LogP contribution is 2.30. The van der Waals surface area contributed by atoms with Crippen LogP contribution in [0.4, 0.5) is 24.5 Å². The zero-order valence-corrected chi connectivity index (χ0v) is 13.6. The van der Waals surface area contributed by atoms with Crippen molar-refractivity contribution in [1.29, 1.82) is 0 Å². The number of thiocarbonyl (C=S) groups is 1. The van der Waals surface area contributed by atoms with Crippen LogP contribution in [0.3, 0.4) is 0 Å². The molecule has 136 valence electrons. The molecule has 0 aromatic heterocycles. The molecular formula is C15H11F3N4O3S. The van der Waals surface area contributed by atoms with Gasteiger partial charge in [0.25, 0.3) is 0 Å². The highest BCUT2D eigenvalue weighted by Gasteiger charge is 2.30. The van der Waals surface area contributed by atoms with Gasteiger partial charge < -0.3 is 10.4 Å². The number of benzene rings is 2. The average Bonchev–Trinajstić information content (AvgIpc) is 2.55. The topological polar surface area (TPSA) is 99.8 Å². The van der Waals surface area contributed by atoms with E-state index in [1.165, 1.54) is 24.4 Å². The molecule has 26 heavy (non-hydrogen) atoms. The number of hydrazone groups is 1. The molecule has 2 aromatic rings. The first-order valence-electron chi connectivity index (χ1n) is 6.91. The SMILES string of the molecule is O=[N+]([O-])c1cc(/C=N\NC(=S)Nc2cccc(C(F)(F)F)c2)ccc1O. The van der Waals surface area contributed by atoms with Gasteiger partial charge in [-0.25, -0.2) is 0 Å². The van der Waals surface area contributed by atoms with Gasteiger partial charge in [0.2, 0.25) is 0 Å². The van der Waals surface area contributed by atoms with Crippen LogP contribution in [0, 0.1) is 10.1 Å². The summed E-state index contributed by atoms with van der Waals surface area (Å²) >= 11 is 4.91. The van der Waals surface area contributed by atoms with Gasteiger partial charge in [0.05, 0.1) is 16.7 Å². The van der Waals surface area contributed by atoms with Crippen molar-refractivity contribution in [3.8, 4) is 5.75 Å². The maximum atomic E-state index is 12.6. The van der Waals surface area contributed by atoms with Gasteiger partial charge >= 0.3 is 11.9 Å². The van der Waals surface area contributed by atoms with E-state index in [1.807, 2.05) is 0 Å². The van der Waals surface area contributed by atoms with Crippen LogP contribution in [0.5, 0.6) is 5.75 Å². The van der Waals surface area contributed by atoms with Crippen LogP contribution in [-0.4, -0.2) is 21.4 Å². The Kier molecular flexibility index (Phi) is 5.72. The van der Waals surface area contributed by atoms with E-state index in [-0.39, 0.29) is 10.8 Å². The quantitative estimate of drug-likeness (QED) is 0.322. The summed E-state index contributed by atoms with van der Waals surface area (Å²) in [5, 5.41) is 26.3. The fourth-order valence-corrected chi connectivity index (χ4v) is 2.04. The highest BCUT2D eigenvalue weighted by atomic mass is 32.1. The zero-order chi connectivity index (χ0) is 19.3. The van der Waals surface area contributed by atoms with Crippen LogP contribution < -0.4 is 10.7 Å². The van der Waals surface area contributed by atoms with E-state index >= 15 is 0 Å². The summed E-state index contributed by atoms with van der Waals surface area (Å²) in [5.74, 6) is -0.484. The molecule has 0 aliphatic carbocycles.